The molecule has 27 heavy (non-hydrogen) atoms. The number of nitrogens with zero attached hydrogens (tertiary/aromatic N) is 2. The van der Waals surface area contributed by atoms with E-state index in [0.29, 0.717) is 23.6 Å². The molecule has 0 aliphatic carbocycles. The minimum atomic E-state index is -0.690. The van der Waals surface area contributed by atoms with Crippen LogP contribution in [0.2, 0.25) is 0 Å². The van der Waals surface area contributed by atoms with E-state index in [1.54, 1.807) is 36.5 Å². The van der Waals surface area contributed by atoms with Crippen LogP contribution >= 0.6 is 0 Å². The van der Waals surface area contributed by atoms with Crippen LogP contribution in [-0.4, -0.2) is 29.0 Å². The van der Waals surface area contributed by atoms with Gasteiger partial charge in [0.05, 0.1) is 20.2 Å². The van der Waals surface area contributed by atoms with Gasteiger partial charge in [0, 0.05) is 17.4 Å². The Bertz CT molecular complexity index is 932. The van der Waals surface area contributed by atoms with E-state index < -0.39 is 6.04 Å². The zero-order valence-electron chi connectivity index (χ0n) is 15.6. The number of carbonyl (C=O) groups is 1. The summed E-state index contributed by atoms with van der Waals surface area (Å²) in [6.45, 7) is 0. The molecule has 7 heteroatoms. The van der Waals surface area contributed by atoms with E-state index in [0.717, 1.165) is 11.1 Å². The number of aromatic nitrogens is 2. The number of anilines is 2. The number of carbonyl (C=O) groups excluding carboxylic acids is 1. The van der Waals surface area contributed by atoms with Crippen LogP contribution in [0.1, 0.15) is 6.93 Å². The van der Waals surface area contributed by atoms with E-state index in [-0.39, 0.29) is 18.9 Å². The summed E-state index contributed by atoms with van der Waals surface area (Å²) < 4.78 is 12.1. The molecular weight excluding hydrogens is 342 g/mol. The Hall–Kier alpha value is -3.45. The average molecular weight is 364 g/mol. The van der Waals surface area contributed by atoms with Gasteiger partial charge in [-0.05, 0) is 42.3 Å². The first-order valence-electron chi connectivity index (χ1n) is 9.02. The van der Waals surface area contributed by atoms with Gasteiger partial charge < -0.3 is 21.5 Å². The number of benzene rings is 2. The summed E-state index contributed by atoms with van der Waals surface area (Å²) in [5.41, 5.74) is 14.8. The third-order valence-electron chi connectivity index (χ3n) is 4.00. The Labute approximate surface area is 158 Å². The summed E-state index contributed by atoms with van der Waals surface area (Å²) in [6.07, 6.45) is 1.99. The number of ether oxygens (including phenoxy) is 1. The largest absolute Gasteiger partial charge is 0.497 e. The minimum Gasteiger partial charge on any atom is -0.497 e. The molecular formula is C20H21N5O2. The number of nitrogen functional groups attached to an aromatic ring is 1. The van der Waals surface area contributed by atoms with Crippen LogP contribution in [-0.2, 0) is 11.2 Å². The van der Waals surface area contributed by atoms with Crippen LogP contribution in [0.4, 0.5) is 11.6 Å². The van der Waals surface area contributed by atoms with E-state index in [9.17, 15) is 4.79 Å². The van der Waals surface area contributed by atoms with E-state index in [1.165, 1.54) is 0 Å². The quantitative estimate of drug-likeness (QED) is 0.618. The van der Waals surface area contributed by atoms with Crippen LogP contribution in [0.5, 0.6) is 5.75 Å². The summed E-state index contributed by atoms with van der Waals surface area (Å²) in [4.78, 5) is 20.4. The highest BCUT2D eigenvalue weighted by Gasteiger charge is 2.14. The van der Waals surface area contributed by atoms with Crippen molar-refractivity contribution in [1.29, 1.82) is 0 Å². The zero-order chi connectivity index (χ0) is 19.9. The second-order valence-electron chi connectivity index (χ2n) is 5.97. The Morgan fingerprint density at radius 1 is 1.19 bits per heavy atom. The van der Waals surface area contributed by atoms with Gasteiger partial charge in [-0.1, -0.05) is 24.3 Å². The predicted molar refractivity (Wildman–Crippen MR) is 105 cm³/mol. The number of hydrogen-bond acceptors (Lipinski definition) is 6. The van der Waals surface area contributed by atoms with Gasteiger partial charge in [-0.2, -0.15) is 0 Å². The van der Waals surface area contributed by atoms with Gasteiger partial charge in [-0.15, -0.1) is 0 Å². The Morgan fingerprint density at radius 3 is 2.59 bits per heavy atom. The SMILES string of the molecule is [2H]COc1ccc(C[C@H](N)C(=O)Nc2ccc(-c3ccnc(N)n3)cc2)cc1. The molecule has 0 unspecified atom stereocenters. The molecule has 1 aromatic heterocycles. The van der Waals surface area contributed by atoms with Crippen LogP contribution < -0.4 is 21.5 Å². The highest BCUT2D eigenvalue weighted by atomic mass is 16.5. The minimum absolute atomic E-state index is 0.134. The maximum Gasteiger partial charge on any atom is 0.241 e. The molecule has 0 radical (unpaired) electrons. The monoisotopic (exact) mass is 364 g/mol. The van der Waals surface area contributed by atoms with Crippen molar-refractivity contribution in [1.82, 2.24) is 9.97 Å². The van der Waals surface area contributed by atoms with Crippen molar-refractivity contribution in [2.24, 2.45) is 5.73 Å². The molecule has 5 N–H and O–H groups in total. The third-order valence-corrected chi connectivity index (χ3v) is 4.00. The number of nitrogens with two attached hydrogens (primary N) is 2. The Kier molecular flexibility index (Phi) is 5.21. The summed E-state index contributed by atoms with van der Waals surface area (Å²) in [5, 5.41) is 2.81. The Balaban J connectivity index is 1.59. The molecule has 0 bridgehead atoms. The van der Waals surface area contributed by atoms with Crippen molar-refractivity contribution in [3.63, 3.8) is 0 Å². The number of amides is 1. The van der Waals surface area contributed by atoms with Gasteiger partial charge in [-0.25, -0.2) is 9.97 Å². The fraction of sp³-hybridized carbons (Fsp3) is 0.150. The predicted octanol–water partition coefficient (Wildman–Crippen LogP) is 2.24. The maximum absolute atomic E-state index is 12.4. The average Bonchev–Trinajstić information content (AvgIpc) is 2.70. The van der Waals surface area contributed by atoms with E-state index in [2.05, 4.69) is 15.3 Å². The molecule has 138 valence electrons. The highest BCUT2D eigenvalue weighted by molar-refractivity contribution is 5.95. The maximum atomic E-state index is 12.4. The molecule has 0 fully saturated rings. The molecule has 0 saturated carbocycles. The number of methoxy groups -OCH3 is 1. The third kappa shape index (κ3) is 4.80. The van der Waals surface area contributed by atoms with Crippen LogP contribution in [0.25, 0.3) is 11.3 Å². The molecule has 0 saturated heterocycles. The Morgan fingerprint density at radius 2 is 1.93 bits per heavy atom. The van der Waals surface area contributed by atoms with Gasteiger partial charge >= 0.3 is 0 Å². The van der Waals surface area contributed by atoms with Crippen molar-refractivity contribution in [2.45, 2.75) is 12.5 Å². The number of nitrogens with one attached hydrogen (secondary N) is 1. The lowest BCUT2D eigenvalue weighted by atomic mass is 10.1. The highest BCUT2D eigenvalue weighted by Crippen LogP contribution is 2.20. The van der Waals surface area contributed by atoms with Crippen molar-refractivity contribution in [3.05, 3.63) is 66.4 Å². The fourth-order valence-corrected chi connectivity index (χ4v) is 2.56. The topological polar surface area (TPSA) is 116 Å². The molecule has 0 spiro atoms. The van der Waals surface area contributed by atoms with Crippen molar-refractivity contribution in [3.8, 4) is 17.0 Å². The molecule has 3 rings (SSSR count). The molecule has 7 nitrogen and oxygen atoms in total. The first-order chi connectivity index (χ1) is 13.5. The summed E-state index contributed by atoms with van der Waals surface area (Å²) in [5.74, 6) is 0.549. The second kappa shape index (κ2) is 8.29. The van der Waals surface area contributed by atoms with E-state index in [1.807, 2.05) is 24.3 Å². The molecule has 2 aromatic carbocycles. The van der Waals surface area contributed by atoms with E-state index in [4.69, 9.17) is 17.6 Å². The summed E-state index contributed by atoms with van der Waals surface area (Å²) >= 11 is 0. The lowest BCUT2D eigenvalue weighted by Gasteiger charge is -2.13. The molecule has 0 aliphatic rings. The van der Waals surface area contributed by atoms with Crippen LogP contribution in [0.3, 0.4) is 0 Å². The van der Waals surface area contributed by atoms with Gasteiger partial charge in [-0.3, -0.25) is 4.79 Å². The lowest BCUT2D eigenvalue weighted by molar-refractivity contribution is -0.117. The molecule has 0 aliphatic heterocycles. The first kappa shape index (κ1) is 17.0. The van der Waals surface area contributed by atoms with Crippen molar-refractivity contribution < 1.29 is 10.9 Å². The normalized spacial score (nSPS) is 12.1. The summed E-state index contributed by atoms with van der Waals surface area (Å²) in [7, 11) is -0.134. The number of hydrogen-bond donors (Lipinski definition) is 3. The van der Waals surface area contributed by atoms with Crippen molar-refractivity contribution >= 4 is 17.5 Å². The van der Waals surface area contributed by atoms with Crippen LogP contribution in [0.15, 0.2) is 60.8 Å². The van der Waals surface area contributed by atoms with Gasteiger partial charge in [0.25, 0.3) is 0 Å². The zero-order valence-corrected chi connectivity index (χ0v) is 14.6. The number of rotatable bonds is 6. The van der Waals surface area contributed by atoms with Gasteiger partial charge in [0.2, 0.25) is 11.9 Å². The first-order valence-corrected chi connectivity index (χ1v) is 8.31. The smallest absolute Gasteiger partial charge is 0.241 e. The van der Waals surface area contributed by atoms with Crippen LogP contribution in [0, 0.1) is 0 Å². The summed E-state index contributed by atoms with van der Waals surface area (Å²) in [6, 6.07) is 15.5. The van der Waals surface area contributed by atoms with Gasteiger partial charge in [0.15, 0.2) is 0 Å². The van der Waals surface area contributed by atoms with E-state index >= 15 is 0 Å². The van der Waals surface area contributed by atoms with Gasteiger partial charge in [0.1, 0.15) is 5.75 Å². The van der Waals surface area contributed by atoms with Crippen molar-refractivity contribution in [2.75, 3.05) is 18.1 Å². The molecule has 1 atom stereocenters. The molecule has 1 amide bonds. The molecule has 3 aromatic rings. The second-order valence-corrected chi connectivity index (χ2v) is 5.97. The fourth-order valence-electron chi connectivity index (χ4n) is 2.56. The molecule has 1 heterocycles. The standard InChI is InChI=1S/C20H21N5O2/c1-27-16-8-2-13(3-9-16)12-17(21)19(26)24-15-6-4-14(5-7-15)18-10-11-23-20(22)25-18/h2-11,17H,12,21H2,1H3,(H,24,26)(H2,22,23,25)/t17-/m0/s1/i1D. The lowest BCUT2D eigenvalue weighted by Crippen LogP contribution is -2.37.